The molecular formula is C27H28N2O3. The van der Waals surface area contributed by atoms with Gasteiger partial charge in [0.2, 0.25) is 0 Å². The summed E-state index contributed by atoms with van der Waals surface area (Å²) >= 11 is 0. The average Bonchev–Trinajstić information content (AvgIpc) is 2.87. The van der Waals surface area contributed by atoms with Gasteiger partial charge in [0.05, 0.1) is 24.2 Å². The Morgan fingerprint density at radius 3 is 2.78 bits per heavy atom. The van der Waals surface area contributed by atoms with Gasteiger partial charge in [0.1, 0.15) is 11.9 Å². The molecule has 4 unspecified atom stereocenters. The number of carbonyl (C=O) groups excluding carboxylic acids is 1. The fourth-order valence-electron chi connectivity index (χ4n) is 5.32. The van der Waals surface area contributed by atoms with E-state index in [0.717, 1.165) is 48.1 Å². The molecule has 164 valence electrons. The molecule has 1 aromatic heterocycles. The van der Waals surface area contributed by atoms with E-state index in [2.05, 4.69) is 22.5 Å². The standard InChI is InChI=1S/C27H28N2O3/c1-3-18-17-29-14-12-20(18)15-25(29)26(32-27(30)19-7-5-4-6-8-19)22-11-13-28-24-10-9-21(31-2)16-23(22)24/h3-11,13,16,18,20,25-26H,1,12,14-15,17H2,2H3/t18?,20?,25?,26-/m1/s1. The lowest BCUT2D eigenvalue weighted by molar-refractivity contribution is -0.0568. The molecule has 0 amide bonds. The molecule has 6 rings (SSSR count). The SMILES string of the molecule is C=CC1CN2CCC1CC2[C@H](OC(=O)c1ccccc1)c1ccnc2ccc(OC)cc12. The minimum absolute atomic E-state index is 0.120. The Morgan fingerprint density at radius 1 is 1.22 bits per heavy atom. The van der Waals surface area contributed by atoms with Gasteiger partial charge in [0, 0.05) is 23.7 Å². The number of ether oxygens (including phenoxy) is 2. The van der Waals surface area contributed by atoms with Crippen LogP contribution in [-0.4, -0.2) is 42.1 Å². The van der Waals surface area contributed by atoms with Crippen LogP contribution < -0.4 is 4.74 Å². The van der Waals surface area contributed by atoms with Crippen LogP contribution in [0.25, 0.3) is 10.9 Å². The van der Waals surface area contributed by atoms with Gasteiger partial charge >= 0.3 is 5.97 Å². The lowest BCUT2D eigenvalue weighted by Crippen LogP contribution is -2.55. The van der Waals surface area contributed by atoms with Crippen molar-refractivity contribution in [2.75, 3.05) is 20.2 Å². The summed E-state index contributed by atoms with van der Waals surface area (Å²) in [5, 5.41) is 0.959. The van der Waals surface area contributed by atoms with Gasteiger partial charge in [-0.1, -0.05) is 24.3 Å². The van der Waals surface area contributed by atoms with Crippen LogP contribution >= 0.6 is 0 Å². The van der Waals surface area contributed by atoms with Crippen molar-refractivity contribution < 1.29 is 14.3 Å². The maximum atomic E-state index is 13.2. The van der Waals surface area contributed by atoms with Crippen molar-refractivity contribution in [1.29, 1.82) is 0 Å². The molecule has 5 atom stereocenters. The van der Waals surface area contributed by atoms with E-state index in [0.29, 0.717) is 17.4 Å². The van der Waals surface area contributed by atoms with Crippen LogP contribution in [-0.2, 0) is 4.74 Å². The summed E-state index contributed by atoms with van der Waals surface area (Å²) in [6.07, 6.45) is 5.64. The first-order valence-electron chi connectivity index (χ1n) is 11.2. The van der Waals surface area contributed by atoms with Crippen molar-refractivity contribution in [3.63, 3.8) is 0 Å². The van der Waals surface area contributed by atoms with Gasteiger partial charge in [-0.2, -0.15) is 0 Å². The number of aromatic nitrogens is 1. The Balaban J connectivity index is 1.57. The number of esters is 1. The Hall–Kier alpha value is -3.18. The first-order chi connectivity index (χ1) is 15.7. The Bertz CT molecular complexity index is 1130. The van der Waals surface area contributed by atoms with E-state index >= 15 is 0 Å². The molecule has 5 nitrogen and oxygen atoms in total. The second-order valence-electron chi connectivity index (χ2n) is 8.72. The Kier molecular flexibility index (Phi) is 5.66. The summed E-state index contributed by atoms with van der Waals surface area (Å²) < 4.78 is 11.8. The molecule has 3 saturated heterocycles. The summed E-state index contributed by atoms with van der Waals surface area (Å²) in [7, 11) is 1.66. The third kappa shape index (κ3) is 3.78. The van der Waals surface area contributed by atoms with E-state index in [9.17, 15) is 4.79 Å². The van der Waals surface area contributed by atoms with Crippen LogP contribution in [0.5, 0.6) is 5.75 Å². The lowest BCUT2D eigenvalue weighted by atomic mass is 9.73. The first kappa shape index (κ1) is 20.7. The van der Waals surface area contributed by atoms with Gasteiger partial charge in [0.25, 0.3) is 0 Å². The fraction of sp³-hybridized carbons (Fsp3) is 0.333. The third-order valence-corrected chi connectivity index (χ3v) is 7.04. The highest BCUT2D eigenvalue weighted by Crippen LogP contribution is 2.43. The highest BCUT2D eigenvalue weighted by molar-refractivity contribution is 5.90. The summed E-state index contributed by atoms with van der Waals surface area (Å²) in [6.45, 7) is 6.03. The van der Waals surface area contributed by atoms with Crippen LogP contribution in [0.15, 0.2) is 73.4 Å². The number of hydrogen-bond acceptors (Lipinski definition) is 5. The molecule has 0 aliphatic carbocycles. The molecular weight excluding hydrogens is 400 g/mol. The maximum absolute atomic E-state index is 13.2. The van der Waals surface area contributed by atoms with Gasteiger partial charge in [0.15, 0.2) is 0 Å². The normalized spacial score (nSPS) is 25.3. The van der Waals surface area contributed by atoms with Gasteiger partial charge in [-0.15, -0.1) is 6.58 Å². The number of fused-ring (bicyclic) bond motifs is 4. The van der Waals surface area contributed by atoms with Crippen LogP contribution in [0.1, 0.15) is 34.9 Å². The largest absolute Gasteiger partial charge is 0.497 e. The highest BCUT2D eigenvalue weighted by atomic mass is 16.5. The Labute approximate surface area is 188 Å². The highest BCUT2D eigenvalue weighted by Gasteiger charge is 2.44. The van der Waals surface area contributed by atoms with Gasteiger partial charge in [-0.05, 0) is 67.6 Å². The summed E-state index contributed by atoms with van der Waals surface area (Å²) in [5.41, 5.74) is 2.41. The first-order valence-corrected chi connectivity index (χ1v) is 11.2. The molecule has 3 aromatic rings. The Morgan fingerprint density at radius 2 is 2.06 bits per heavy atom. The van der Waals surface area contributed by atoms with E-state index < -0.39 is 6.10 Å². The van der Waals surface area contributed by atoms with E-state index in [1.807, 2.05) is 42.5 Å². The smallest absolute Gasteiger partial charge is 0.338 e. The molecule has 0 N–H and O–H groups in total. The molecule has 4 heterocycles. The molecule has 3 aliphatic heterocycles. The minimum atomic E-state index is -0.395. The zero-order chi connectivity index (χ0) is 22.1. The number of hydrogen-bond donors (Lipinski definition) is 0. The maximum Gasteiger partial charge on any atom is 0.338 e. The monoisotopic (exact) mass is 428 g/mol. The number of pyridine rings is 1. The molecule has 0 radical (unpaired) electrons. The van der Waals surface area contributed by atoms with Crippen molar-refractivity contribution in [2.45, 2.75) is 25.0 Å². The van der Waals surface area contributed by atoms with Crippen molar-refractivity contribution in [3.8, 4) is 5.75 Å². The van der Waals surface area contributed by atoms with Crippen molar-refractivity contribution in [1.82, 2.24) is 9.88 Å². The third-order valence-electron chi connectivity index (χ3n) is 7.04. The average molecular weight is 429 g/mol. The van der Waals surface area contributed by atoms with Gasteiger partial charge in [-0.25, -0.2) is 4.79 Å². The van der Waals surface area contributed by atoms with E-state index in [-0.39, 0.29) is 12.0 Å². The van der Waals surface area contributed by atoms with Crippen LogP contribution in [0, 0.1) is 11.8 Å². The van der Waals surface area contributed by atoms with Crippen molar-refractivity contribution in [2.24, 2.45) is 11.8 Å². The second-order valence-corrected chi connectivity index (χ2v) is 8.72. The topological polar surface area (TPSA) is 51.7 Å². The second kappa shape index (κ2) is 8.75. The van der Waals surface area contributed by atoms with Crippen LogP contribution in [0.4, 0.5) is 0 Å². The molecule has 2 bridgehead atoms. The number of methoxy groups -OCH3 is 1. The van der Waals surface area contributed by atoms with Gasteiger partial charge in [-0.3, -0.25) is 9.88 Å². The van der Waals surface area contributed by atoms with E-state index in [1.54, 1.807) is 25.4 Å². The molecule has 2 aromatic carbocycles. The lowest BCUT2D eigenvalue weighted by Gasteiger charge is -2.51. The number of rotatable bonds is 6. The summed E-state index contributed by atoms with van der Waals surface area (Å²) in [5.74, 6) is 1.53. The van der Waals surface area contributed by atoms with Crippen LogP contribution in [0.2, 0.25) is 0 Å². The van der Waals surface area contributed by atoms with Crippen LogP contribution in [0.3, 0.4) is 0 Å². The van der Waals surface area contributed by atoms with Crippen molar-refractivity contribution >= 4 is 16.9 Å². The number of benzene rings is 2. The molecule has 0 spiro atoms. The summed E-state index contributed by atoms with van der Waals surface area (Å²) in [6, 6.07) is 17.2. The fourth-order valence-corrected chi connectivity index (χ4v) is 5.32. The molecule has 3 aliphatic rings. The number of nitrogens with zero attached hydrogens (tertiary/aromatic N) is 2. The minimum Gasteiger partial charge on any atom is -0.497 e. The molecule has 32 heavy (non-hydrogen) atoms. The predicted molar refractivity (Wildman–Crippen MR) is 125 cm³/mol. The summed E-state index contributed by atoms with van der Waals surface area (Å²) in [4.78, 5) is 20.2. The molecule has 5 heteroatoms. The quantitative estimate of drug-likeness (QED) is 0.407. The zero-order valence-electron chi connectivity index (χ0n) is 18.3. The van der Waals surface area contributed by atoms with Crippen molar-refractivity contribution in [3.05, 3.63) is 84.6 Å². The number of carbonyl (C=O) groups is 1. The van der Waals surface area contributed by atoms with E-state index in [1.165, 1.54) is 0 Å². The van der Waals surface area contributed by atoms with E-state index in [4.69, 9.17) is 9.47 Å². The predicted octanol–water partition coefficient (Wildman–Crippen LogP) is 5.04. The molecule has 3 fully saturated rings. The zero-order valence-corrected chi connectivity index (χ0v) is 18.3. The van der Waals surface area contributed by atoms with Gasteiger partial charge < -0.3 is 9.47 Å². The number of piperidine rings is 3. The molecule has 0 saturated carbocycles.